The minimum absolute atomic E-state index is 0.447. The Bertz CT molecular complexity index is 408. The molecule has 2 heterocycles. The van der Waals surface area contributed by atoms with Crippen molar-refractivity contribution in [2.24, 2.45) is 0 Å². The normalized spacial score (nSPS) is 12.7. The van der Waals surface area contributed by atoms with Crippen LogP contribution in [0, 0.1) is 6.92 Å². The molecule has 0 bridgehead atoms. The van der Waals surface area contributed by atoms with Crippen LogP contribution >= 0.6 is 11.3 Å². The van der Waals surface area contributed by atoms with Gasteiger partial charge in [0.25, 0.3) is 0 Å². The number of aliphatic hydroxyl groups is 1. The predicted octanol–water partition coefficient (Wildman–Crippen LogP) is 2.73. The van der Waals surface area contributed by atoms with Crippen LogP contribution in [0.25, 0.3) is 0 Å². The van der Waals surface area contributed by atoms with Crippen LogP contribution in [0.5, 0.6) is 0 Å². The highest BCUT2D eigenvalue weighted by molar-refractivity contribution is 7.09. The largest absolute Gasteiger partial charge is 0.388 e. The lowest BCUT2D eigenvalue weighted by molar-refractivity contribution is 0.179. The zero-order valence-corrected chi connectivity index (χ0v) is 9.37. The fourth-order valence-electron chi connectivity index (χ4n) is 1.41. The fraction of sp³-hybridized carbons (Fsp3) is 0.250. The third-order valence-electron chi connectivity index (χ3n) is 2.29. The van der Waals surface area contributed by atoms with E-state index in [1.54, 1.807) is 17.5 Å². The molecule has 1 atom stereocenters. The third kappa shape index (κ3) is 2.64. The first-order valence-corrected chi connectivity index (χ1v) is 5.76. The maximum Gasteiger partial charge on any atom is 0.0853 e. The number of aliphatic hydroxyl groups excluding tert-OH is 1. The van der Waals surface area contributed by atoms with Crippen LogP contribution in [0.1, 0.15) is 22.2 Å². The summed E-state index contributed by atoms with van der Waals surface area (Å²) in [5.74, 6) is 0. The van der Waals surface area contributed by atoms with E-state index in [1.165, 1.54) is 4.88 Å². The van der Waals surface area contributed by atoms with Crippen LogP contribution in [-0.4, -0.2) is 10.1 Å². The van der Waals surface area contributed by atoms with Crippen molar-refractivity contribution in [3.05, 3.63) is 52.0 Å². The van der Waals surface area contributed by atoms with Crippen LogP contribution in [-0.2, 0) is 6.42 Å². The summed E-state index contributed by atoms with van der Waals surface area (Å²) < 4.78 is 0. The molecule has 78 valence electrons. The minimum Gasteiger partial charge on any atom is -0.388 e. The SMILES string of the molecule is Cc1ccc(C(O)Cc2cccs2)cn1. The van der Waals surface area contributed by atoms with E-state index in [1.807, 2.05) is 36.6 Å². The molecule has 2 rings (SSSR count). The van der Waals surface area contributed by atoms with E-state index in [0.29, 0.717) is 6.42 Å². The second-order valence-corrected chi connectivity index (χ2v) is 4.56. The van der Waals surface area contributed by atoms with Crippen molar-refractivity contribution in [3.63, 3.8) is 0 Å². The van der Waals surface area contributed by atoms with Gasteiger partial charge in [-0.1, -0.05) is 12.1 Å². The zero-order chi connectivity index (χ0) is 10.7. The Labute approximate surface area is 93.2 Å². The lowest BCUT2D eigenvalue weighted by atomic mass is 10.1. The summed E-state index contributed by atoms with van der Waals surface area (Å²) in [7, 11) is 0. The highest BCUT2D eigenvalue weighted by Crippen LogP contribution is 2.20. The molecule has 2 aromatic rings. The zero-order valence-electron chi connectivity index (χ0n) is 8.55. The van der Waals surface area contributed by atoms with Gasteiger partial charge in [-0.25, -0.2) is 0 Å². The summed E-state index contributed by atoms with van der Waals surface area (Å²) >= 11 is 1.67. The number of pyridine rings is 1. The molecule has 0 radical (unpaired) electrons. The third-order valence-corrected chi connectivity index (χ3v) is 3.19. The van der Waals surface area contributed by atoms with Gasteiger partial charge in [0.05, 0.1) is 6.10 Å². The summed E-state index contributed by atoms with van der Waals surface area (Å²) in [6.45, 7) is 1.94. The molecule has 1 unspecified atom stereocenters. The molecule has 1 N–H and O–H groups in total. The smallest absolute Gasteiger partial charge is 0.0853 e. The van der Waals surface area contributed by atoms with Crippen molar-refractivity contribution < 1.29 is 5.11 Å². The predicted molar refractivity (Wildman–Crippen MR) is 62.0 cm³/mol. The van der Waals surface area contributed by atoms with E-state index >= 15 is 0 Å². The summed E-state index contributed by atoms with van der Waals surface area (Å²) in [5.41, 5.74) is 1.86. The number of hydrogen-bond acceptors (Lipinski definition) is 3. The van der Waals surface area contributed by atoms with Gasteiger partial charge in [0.2, 0.25) is 0 Å². The summed E-state index contributed by atoms with van der Waals surface area (Å²) in [6.07, 6.45) is 1.97. The molecule has 0 aliphatic heterocycles. The molecule has 0 saturated heterocycles. The number of thiophene rings is 1. The van der Waals surface area contributed by atoms with Gasteiger partial charge in [0, 0.05) is 23.2 Å². The Balaban J connectivity index is 2.08. The lowest BCUT2D eigenvalue weighted by Gasteiger charge is -2.09. The van der Waals surface area contributed by atoms with Crippen molar-refractivity contribution in [2.75, 3.05) is 0 Å². The first-order valence-electron chi connectivity index (χ1n) is 4.89. The average molecular weight is 219 g/mol. The summed E-state index contributed by atoms with van der Waals surface area (Å²) in [4.78, 5) is 5.37. The minimum atomic E-state index is -0.447. The highest BCUT2D eigenvalue weighted by atomic mass is 32.1. The number of rotatable bonds is 3. The Morgan fingerprint density at radius 3 is 2.87 bits per heavy atom. The van der Waals surface area contributed by atoms with E-state index < -0.39 is 6.10 Å². The van der Waals surface area contributed by atoms with Crippen molar-refractivity contribution in [1.29, 1.82) is 0 Å². The van der Waals surface area contributed by atoms with Gasteiger partial charge >= 0.3 is 0 Å². The Morgan fingerprint density at radius 1 is 1.40 bits per heavy atom. The molecular formula is C12H13NOS. The van der Waals surface area contributed by atoms with Gasteiger partial charge in [-0.15, -0.1) is 11.3 Å². The molecule has 0 fully saturated rings. The molecular weight excluding hydrogens is 206 g/mol. The van der Waals surface area contributed by atoms with Gasteiger partial charge in [-0.3, -0.25) is 4.98 Å². The molecule has 0 aliphatic carbocycles. The molecule has 15 heavy (non-hydrogen) atoms. The van der Waals surface area contributed by atoms with Crippen LogP contribution in [0.4, 0.5) is 0 Å². The van der Waals surface area contributed by atoms with E-state index in [0.717, 1.165) is 11.3 Å². The molecule has 0 aromatic carbocycles. The quantitative estimate of drug-likeness (QED) is 0.861. The second-order valence-electron chi connectivity index (χ2n) is 3.53. The fourth-order valence-corrected chi connectivity index (χ4v) is 2.16. The van der Waals surface area contributed by atoms with Gasteiger partial charge in [0.15, 0.2) is 0 Å². The molecule has 0 aliphatic rings. The highest BCUT2D eigenvalue weighted by Gasteiger charge is 2.09. The Morgan fingerprint density at radius 2 is 2.27 bits per heavy atom. The Kier molecular flexibility index (Phi) is 3.14. The van der Waals surface area contributed by atoms with E-state index in [9.17, 15) is 5.11 Å². The van der Waals surface area contributed by atoms with E-state index in [4.69, 9.17) is 0 Å². The van der Waals surface area contributed by atoms with E-state index in [-0.39, 0.29) is 0 Å². The molecule has 3 heteroatoms. The maximum atomic E-state index is 9.95. The van der Waals surface area contributed by atoms with Crippen molar-refractivity contribution in [2.45, 2.75) is 19.4 Å². The molecule has 0 spiro atoms. The van der Waals surface area contributed by atoms with Gasteiger partial charge in [-0.05, 0) is 30.0 Å². The van der Waals surface area contributed by atoms with Gasteiger partial charge in [0.1, 0.15) is 0 Å². The van der Waals surface area contributed by atoms with Crippen molar-refractivity contribution in [3.8, 4) is 0 Å². The van der Waals surface area contributed by atoms with Gasteiger partial charge in [-0.2, -0.15) is 0 Å². The molecule has 2 nitrogen and oxygen atoms in total. The van der Waals surface area contributed by atoms with Crippen molar-refractivity contribution in [1.82, 2.24) is 4.98 Å². The topological polar surface area (TPSA) is 33.1 Å². The number of aromatic nitrogens is 1. The monoisotopic (exact) mass is 219 g/mol. The maximum absolute atomic E-state index is 9.95. The molecule has 0 saturated carbocycles. The number of hydrogen-bond donors (Lipinski definition) is 1. The summed E-state index contributed by atoms with van der Waals surface area (Å²) in [6, 6.07) is 7.89. The van der Waals surface area contributed by atoms with Crippen molar-refractivity contribution >= 4 is 11.3 Å². The summed E-state index contributed by atoms with van der Waals surface area (Å²) in [5, 5.41) is 12.0. The number of nitrogens with zero attached hydrogens (tertiary/aromatic N) is 1. The van der Waals surface area contributed by atoms with E-state index in [2.05, 4.69) is 4.98 Å². The van der Waals surface area contributed by atoms with Crippen LogP contribution in [0.3, 0.4) is 0 Å². The van der Waals surface area contributed by atoms with Crippen LogP contribution < -0.4 is 0 Å². The Hall–Kier alpha value is -1.19. The number of aryl methyl sites for hydroxylation is 1. The average Bonchev–Trinajstić information content (AvgIpc) is 2.71. The standard InChI is InChI=1S/C12H13NOS/c1-9-4-5-10(8-13-9)12(14)7-11-3-2-6-15-11/h2-6,8,12,14H,7H2,1H3. The van der Waals surface area contributed by atoms with Crippen LogP contribution in [0.2, 0.25) is 0 Å². The second kappa shape index (κ2) is 4.55. The first kappa shape index (κ1) is 10.3. The lowest BCUT2D eigenvalue weighted by Crippen LogP contribution is -2.01. The molecule has 2 aromatic heterocycles. The van der Waals surface area contributed by atoms with Crippen LogP contribution in [0.15, 0.2) is 35.8 Å². The van der Waals surface area contributed by atoms with Gasteiger partial charge < -0.3 is 5.11 Å². The first-order chi connectivity index (χ1) is 7.25. The molecule has 0 amide bonds.